The maximum Gasteiger partial charge on any atom is 0.312 e. The maximum atomic E-state index is 12.6. The van der Waals surface area contributed by atoms with Crippen LogP contribution in [0.15, 0.2) is 0 Å². The molecule has 7 unspecified atom stereocenters. The molecule has 15 nitrogen and oxygen atoms in total. The topological polar surface area (TPSA) is 173 Å². The van der Waals surface area contributed by atoms with Gasteiger partial charge in [0.25, 0.3) is 19.1 Å². The molecule has 0 N–H and O–H groups in total. The van der Waals surface area contributed by atoms with Crippen LogP contribution in [0, 0.1) is 118 Å². The molecule has 0 aromatic heterocycles. The van der Waals surface area contributed by atoms with E-state index in [1.807, 2.05) is 104 Å². The number of carbonyl (C=O) groups excluding carboxylic acids is 5. The number of hydrogen-bond acceptors (Lipinski definition) is 11. The van der Waals surface area contributed by atoms with Crippen molar-refractivity contribution in [3.8, 4) is 6.07 Å². The van der Waals surface area contributed by atoms with Crippen molar-refractivity contribution >= 4 is 29.8 Å². The number of ether oxygens (including phenoxy) is 5. The first kappa shape index (κ1) is 77.5. The second kappa shape index (κ2) is 32.5. The molecule has 0 spiro atoms. The Balaban J connectivity index is 0.000000205. The van der Waals surface area contributed by atoms with Gasteiger partial charge in [-0.05, 0) is 252 Å². The summed E-state index contributed by atoms with van der Waals surface area (Å²) in [7, 11) is 1.42. The molecule has 0 radical (unpaired) electrons. The Morgan fingerprint density at radius 1 is 0.500 bits per heavy atom. The Kier molecular flexibility index (Phi) is 27.4. The van der Waals surface area contributed by atoms with Crippen LogP contribution in [0.3, 0.4) is 0 Å². The van der Waals surface area contributed by atoms with E-state index in [4.69, 9.17) is 50.5 Å². The summed E-state index contributed by atoms with van der Waals surface area (Å²) in [6.07, 6.45) is 30.0. The molecular formula is C77H121N5O10. The fourth-order valence-corrected chi connectivity index (χ4v) is 16.6. The lowest BCUT2D eigenvalue weighted by Gasteiger charge is -2.58. The summed E-state index contributed by atoms with van der Waals surface area (Å²) >= 11 is 0. The smallest absolute Gasteiger partial charge is 0.312 e. The fraction of sp³-hybridized carbons (Fsp3) is 0.870. The minimum Gasteiger partial charge on any atom is -0.469 e. The molecule has 15 heteroatoms. The van der Waals surface area contributed by atoms with Crippen LogP contribution in [-0.2, 0) is 47.7 Å². The summed E-state index contributed by atoms with van der Waals surface area (Å²) in [5, 5.41) is 8.64. The van der Waals surface area contributed by atoms with E-state index in [1.54, 1.807) is 0 Å². The number of fused-ring (bicyclic) bond motifs is 2. The van der Waals surface area contributed by atoms with E-state index in [0.717, 1.165) is 139 Å². The SMILES string of the molecule is CCC(C)(C)C(=O)OC.N#CC1CC2CCC1C2.[C-]#[N+]C12CC3CC(C1)CC(OC(=O)C(C)(C)CC)(C3)C2.[C-]#[N+]C1CCCCC1OC(=O)C(C)(C)CC.[C-]#[N+]CC1(OC(=O)C(C)(C)CC)C2CC3CC(C2)CC1C3.[C-]#[N+]CC1(OC(=O)C(C)(C)CC)CCCCC1. The van der Waals surface area contributed by atoms with Crippen LogP contribution < -0.4 is 0 Å². The molecule has 0 aromatic rings. The van der Waals surface area contributed by atoms with Crippen LogP contribution >= 0.6 is 0 Å². The van der Waals surface area contributed by atoms with Gasteiger partial charge in [0.15, 0.2) is 17.3 Å². The molecule has 0 aromatic carbocycles. The van der Waals surface area contributed by atoms with Gasteiger partial charge < -0.3 is 43.1 Å². The maximum absolute atomic E-state index is 12.6. The number of nitriles is 1. The predicted molar refractivity (Wildman–Crippen MR) is 359 cm³/mol. The van der Waals surface area contributed by atoms with E-state index in [0.29, 0.717) is 42.7 Å². The Morgan fingerprint density at radius 3 is 1.38 bits per heavy atom. The zero-order chi connectivity index (χ0) is 68.7. The van der Waals surface area contributed by atoms with Crippen LogP contribution in [0.2, 0.25) is 0 Å². The Morgan fingerprint density at radius 2 is 0.967 bits per heavy atom. The highest BCUT2D eigenvalue weighted by Gasteiger charge is 2.65. The summed E-state index contributed by atoms with van der Waals surface area (Å²) in [6.45, 7) is 59.0. The third-order valence-corrected chi connectivity index (χ3v) is 24.5. The third kappa shape index (κ3) is 19.3. The molecule has 0 aliphatic heterocycles. The molecule has 12 aliphatic carbocycles. The monoisotopic (exact) mass is 1280 g/mol. The first-order valence-corrected chi connectivity index (χ1v) is 35.9. The number of hydrogen-bond donors (Lipinski definition) is 0. The zero-order valence-corrected chi connectivity index (χ0v) is 60.1. The van der Waals surface area contributed by atoms with Crippen molar-refractivity contribution in [2.75, 3.05) is 20.2 Å². The van der Waals surface area contributed by atoms with Crippen LogP contribution in [0.25, 0.3) is 19.4 Å². The van der Waals surface area contributed by atoms with Gasteiger partial charge in [-0.15, -0.1) is 0 Å². The van der Waals surface area contributed by atoms with Crippen molar-refractivity contribution in [2.24, 2.45) is 80.3 Å². The predicted octanol–water partition coefficient (Wildman–Crippen LogP) is 18.4. The Labute approximate surface area is 557 Å². The molecular weight excluding hydrogens is 1150 g/mol. The minimum absolute atomic E-state index is 0.0675. The number of nitrogens with zero attached hydrogens (tertiary/aromatic N) is 5. The molecule has 0 amide bonds. The highest BCUT2D eigenvalue weighted by Crippen LogP contribution is 2.62. The lowest BCUT2D eigenvalue weighted by molar-refractivity contribution is -0.212. The van der Waals surface area contributed by atoms with Crippen LogP contribution in [-0.4, -0.2) is 84.5 Å². The number of rotatable bonds is 16. The van der Waals surface area contributed by atoms with Crippen LogP contribution in [0.4, 0.5) is 0 Å². The van der Waals surface area contributed by atoms with Gasteiger partial charge in [-0.3, -0.25) is 24.0 Å². The highest BCUT2D eigenvalue weighted by molar-refractivity contribution is 5.78. The van der Waals surface area contributed by atoms with Gasteiger partial charge in [0, 0.05) is 37.0 Å². The van der Waals surface area contributed by atoms with E-state index in [-0.39, 0.29) is 58.5 Å². The summed E-state index contributed by atoms with van der Waals surface area (Å²) in [4.78, 5) is 74.7. The van der Waals surface area contributed by atoms with Gasteiger partial charge in [0.2, 0.25) is 5.54 Å². The molecule has 12 fully saturated rings. The third-order valence-electron chi connectivity index (χ3n) is 24.5. The van der Waals surface area contributed by atoms with E-state index < -0.39 is 32.9 Å². The van der Waals surface area contributed by atoms with Crippen LogP contribution in [0.1, 0.15) is 290 Å². The molecule has 12 aliphatic rings. The van der Waals surface area contributed by atoms with E-state index in [1.165, 1.54) is 77.7 Å². The average molecular weight is 1280 g/mol. The lowest BCUT2D eigenvalue weighted by atomic mass is 9.49. The Bertz CT molecular complexity index is 2680. The summed E-state index contributed by atoms with van der Waals surface area (Å²) in [5.41, 5.74) is -3.54. The van der Waals surface area contributed by atoms with Gasteiger partial charge in [-0.1, -0.05) is 47.5 Å². The first-order valence-electron chi connectivity index (χ1n) is 35.9. The van der Waals surface area contributed by atoms with Gasteiger partial charge in [0.1, 0.15) is 5.60 Å². The number of carbonyl (C=O) groups is 5. The molecule has 0 heterocycles. The standard InChI is InChI=1S/C18H27NO2.C17H25NO2.C14H23NO2.C13H21NO2.C8H11N.C7H14O2/c1-5-17(2,3)16(20)21-18(11-19-4)14-7-12-6-13(9-14)10-15(18)8-12;1-5-15(2,3)14(19)20-17-9-12-6-13(10-17)8-16(7-12,11-17)18-4;1-5-13(2,3)12(16)17-14(11-15-4)9-7-6-8-10-14;1-5-13(2,3)12(15)16-11-9-7-6-8-10(11)14-4;9-5-8-4-6-1-2-7(8)3-6;1-5-7(2,3)6(8)9-4/h12-15H,5-11H2,1-3H3;12-13H,5-11H2,1-3H3;5-11H2,1-3H3;10-11H,5-9H2,1-3H3;6-8H,1-4H2;5H2,1-4H3. The fourth-order valence-electron chi connectivity index (χ4n) is 16.6. The number of methoxy groups -OCH3 is 1. The van der Waals surface area contributed by atoms with Gasteiger partial charge in [-0.25, -0.2) is 26.3 Å². The average Bonchev–Trinajstić information content (AvgIpc) is 0.841. The second-order valence-electron chi connectivity index (χ2n) is 33.3. The molecule has 0 saturated heterocycles. The quantitative estimate of drug-likeness (QED) is 0.0817. The molecule has 7 atom stereocenters. The van der Waals surface area contributed by atoms with Crippen molar-refractivity contribution in [1.82, 2.24) is 0 Å². The van der Waals surface area contributed by atoms with E-state index in [2.05, 4.69) is 30.2 Å². The van der Waals surface area contributed by atoms with E-state index in [9.17, 15) is 24.0 Å². The largest absolute Gasteiger partial charge is 0.469 e. The van der Waals surface area contributed by atoms with Crippen molar-refractivity contribution in [1.29, 1.82) is 5.26 Å². The molecule has 514 valence electrons. The summed E-state index contributed by atoms with van der Waals surface area (Å²) < 4.78 is 28.0. The summed E-state index contributed by atoms with van der Waals surface area (Å²) in [5.74, 6) is 5.26. The molecule has 10 bridgehead atoms. The molecule has 12 saturated carbocycles. The zero-order valence-electron chi connectivity index (χ0n) is 60.1. The highest BCUT2D eigenvalue weighted by atomic mass is 16.6. The molecule has 12 rings (SSSR count). The van der Waals surface area contributed by atoms with Crippen molar-refractivity contribution < 1.29 is 47.7 Å². The lowest BCUT2D eigenvalue weighted by Crippen LogP contribution is -2.61. The van der Waals surface area contributed by atoms with Gasteiger partial charge in [0.05, 0.1) is 46.7 Å². The normalized spacial score (nSPS) is 32.3. The van der Waals surface area contributed by atoms with E-state index >= 15 is 0 Å². The van der Waals surface area contributed by atoms with Crippen molar-refractivity contribution in [3.05, 3.63) is 45.7 Å². The molecule has 92 heavy (non-hydrogen) atoms. The first-order chi connectivity index (χ1) is 43.1. The van der Waals surface area contributed by atoms with Crippen molar-refractivity contribution in [2.45, 2.75) is 325 Å². The van der Waals surface area contributed by atoms with Crippen molar-refractivity contribution in [3.63, 3.8) is 0 Å². The van der Waals surface area contributed by atoms with Crippen LogP contribution in [0.5, 0.6) is 0 Å². The minimum atomic E-state index is -0.497. The second-order valence-corrected chi connectivity index (χ2v) is 33.3. The number of esters is 5. The van der Waals surface area contributed by atoms with Gasteiger partial charge in [-0.2, -0.15) is 5.26 Å². The van der Waals surface area contributed by atoms with Gasteiger partial charge >= 0.3 is 29.8 Å². The Hall–Kier alpha value is -5.20. The summed E-state index contributed by atoms with van der Waals surface area (Å²) in [6, 6.07) is 2.28.